The van der Waals surface area contributed by atoms with E-state index in [1.165, 1.54) is 24.3 Å². The summed E-state index contributed by atoms with van der Waals surface area (Å²) in [6, 6.07) is 13.7. The number of non-ortho nitro benzene ring substituents is 1. The van der Waals surface area contributed by atoms with Crippen LogP contribution < -0.4 is 4.90 Å². The summed E-state index contributed by atoms with van der Waals surface area (Å²) in [5, 5.41) is 9.74. The molecular formula is C15H12N2O5S. The standard InChI is InChI=1S/C15H12N2O5S/c18-14-10-23(21,22)15(11-5-2-1-3-6-11)16(14)12-7-4-8-13(9-12)17(19)20/h1-9,15H,10H2. The molecule has 1 aliphatic heterocycles. The van der Waals surface area contributed by atoms with Crippen LogP contribution in [0.5, 0.6) is 0 Å². The second-order valence-electron chi connectivity index (χ2n) is 5.11. The zero-order valence-corrected chi connectivity index (χ0v) is 12.6. The maximum atomic E-state index is 12.4. The summed E-state index contributed by atoms with van der Waals surface area (Å²) in [6.07, 6.45) is 0. The van der Waals surface area contributed by atoms with E-state index in [4.69, 9.17) is 0 Å². The molecule has 1 heterocycles. The van der Waals surface area contributed by atoms with Crippen molar-refractivity contribution in [1.82, 2.24) is 0 Å². The highest BCUT2D eigenvalue weighted by molar-refractivity contribution is 7.93. The number of rotatable bonds is 3. The molecule has 0 spiro atoms. The first-order valence-electron chi connectivity index (χ1n) is 6.73. The Morgan fingerprint density at radius 1 is 1.09 bits per heavy atom. The largest absolute Gasteiger partial charge is 0.289 e. The highest BCUT2D eigenvalue weighted by atomic mass is 32.2. The Kier molecular flexibility index (Phi) is 3.61. The molecule has 23 heavy (non-hydrogen) atoms. The lowest BCUT2D eigenvalue weighted by atomic mass is 10.2. The quantitative estimate of drug-likeness (QED) is 0.633. The van der Waals surface area contributed by atoms with E-state index in [2.05, 4.69) is 0 Å². The molecule has 1 amide bonds. The van der Waals surface area contributed by atoms with Gasteiger partial charge in [0.25, 0.3) is 5.69 Å². The molecule has 2 aromatic carbocycles. The van der Waals surface area contributed by atoms with Gasteiger partial charge in [0, 0.05) is 12.1 Å². The number of hydrogen-bond acceptors (Lipinski definition) is 5. The van der Waals surface area contributed by atoms with Crippen molar-refractivity contribution < 1.29 is 18.1 Å². The van der Waals surface area contributed by atoms with Crippen molar-refractivity contribution in [2.75, 3.05) is 10.7 Å². The molecule has 7 nitrogen and oxygen atoms in total. The van der Waals surface area contributed by atoms with E-state index in [1.54, 1.807) is 30.3 Å². The molecule has 0 aromatic heterocycles. The number of anilines is 1. The van der Waals surface area contributed by atoms with Crippen LogP contribution in [-0.2, 0) is 14.6 Å². The maximum Gasteiger partial charge on any atom is 0.271 e. The van der Waals surface area contributed by atoms with Crippen molar-refractivity contribution in [2.45, 2.75) is 5.37 Å². The van der Waals surface area contributed by atoms with E-state index in [-0.39, 0.29) is 11.4 Å². The predicted molar refractivity (Wildman–Crippen MR) is 83.6 cm³/mol. The first-order chi connectivity index (χ1) is 10.9. The van der Waals surface area contributed by atoms with Crippen LogP contribution in [0.1, 0.15) is 10.9 Å². The molecule has 0 radical (unpaired) electrons. The average Bonchev–Trinajstić information content (AvgIpc) is 2.77. The first-order valence-corrected chi connectivity index (χ1v) is 8.45. The van der Waals surface area contributed by atoms with E-state index in [9.17, 15) is 23.3 Å². The first kappa shape index (κ1) is 15.2. The van der Waals surface area contributed by atoms with Gasteiger partial charge in [0.1, 0.15) is 5.75 Å². The van der Waals surface area contributed by atoms with Crippen LogP contribution in [0.25, 0.3) is 0 Å². The zero-order valence-electron chi connectivity index (χ0n) is 11.8. The summed E-state index contributed by atoms with van der Waals surface area (Å²) < 4.78 is 24.8. The lowest BCUT2D eigenvalue weighted by molar-refractivity contribution is -0.384. The summed E-state index contributed by atoms with van der Waals surface area (Å²) in [5.74, 6) is -1.21. The third-order valence-electron chi connectivity index (χ3n) is 3.57. The summed E-state index contributed by atoms with van der Waals surface area (Å²) in [6.45, 7) is 0. The molecule has 0 N–H and O–H groups in total. The second-order valence-corrected chi connectivity index (χ2v) is 7.17. The predicted octanol–water partition coefficient (Wildman–Crippen LogP) is 2.06. The monoisotopic (exact) mass is 332 g/mol. The van der Waals surface area contributed by atoms with Gasteiger partial charge in [0.15, 0.2) is 15.2 Å². The van der Waals surface area contributed by atoms with Gasteiger partial charge in [0.05, 0.1) is 10.6 Å². The zero-order chi connectivity index (χ0) is 16.6. The van der Waals surface area contributed by atoms with Gasteiger partial charge in [-0.1, -0.05) is 36.4 Å². The molecule has 1 atom stereocenters. The number of nitro groups is 1. The number of benzene rings is 2. The minimum absolute atomic E-state index is 0.194. The summed E-state index contributed by atoms with van der Waals surface area (Å²) in [7, 11) is -3.71. The molecule has 118 valence electrons. The molecule has 1 fully saturated rings. The molecule has 0 saturated carbocycles. The number of sulfone groups is 1. The topological polar surface area (TPSA) is 97.6 Å². The average molecular weight is 332 g/mol. The van der Waals surface area contributed by atoms with E-state index in [0.717, 1.165) is 4.90 Å². The maximum absolute atomic E-state index is 12.4. The minimum Gasteiger partial charge on any atom is -0.289 e. The number of amides is 1. The number of nitrogens with zero attached hydrogens (tertiary/aromatic N) is 2. The second kappa shape index (κ2) is 5.47. The van der Waals surface area contributed by atoms with Crippen LogP contribution in [0, 0.1) is 10.1 Å². The number of nitro benzene ring substituents is 1. The lowest BCUT2D eigenvalue weighted by Crippen LogP contribution is -2.29. The molecule has 2 aromatic rings. The fourth-order valence-electron chi connectivity index (χ4n) is 2.62. The lowest BCUT2D eigenvalue weighted by Gasteiger charge is -2.23. The molecule has 1 aliphatic rings. The van der Waals surface area contributed by atoms with Crippen LogP contribution in [0.15, 0.2) is 54.6 Å². The number of carbonyl (C=O) groups excluding carboxylic acids is 1. The van der Waals surface area contributed by atoms with Gasteiger partial charge in [-0.05, 0) is 11.6 Å². The summed E-state index contributed by atoms with van der Waals surface area (Å²) in [5.41, 5.74) is 0.440. The number of carbonyl (C=O) groups is 1. The van der Waals surface area contributed by atoms with Crippen molar-refractivity contribution >= 4 is 27.1 Å². The van der Waals surface area contributed by atoms with E-state index >= 15 is 0 Å². The summed E-state index contributed by atoms with van der Waals surface area (Å²) in [4.78, 5) is 23.7. The fourth-order valence-corrected chi connectivity index (χ4v) is 4.40. The van der Waals surface area contributed by atoms with Crippen LogP contribution >= 0.6 is 0 Å². The molecule has 3 rings (SSSR count). The van der Waals surface area contributed by atoms with E-state index in [1.807, 2.05) is 0 Å². The van der Waals surface area contributed by atoms with Gasteiger partial charge in [-0.2, -0.15) is 0 Å². The third kappa shape index (κ3) is 2.68. The highest BCUT2D eigenvalue weighted by Crippen LogP contribution is 2.38. The molecule has 1 unspecified atom stereocenters. The Morgan fingerprint density at radius 2 is 1.78 bits per heavy atom. The Bertz CT molecular complexity index is 880. The highest BCUT2D eigenvalue weighted by Gasteiger charge is 2.45. The molecular weight excluding hydrogens is 320 g/mol. The van der Waals surface area contributed by atoms with Gasteiger partial charge in [-0.3, -0.25) is 19.8 Å². The Morgan fingerprint density at radius 3 is 2.43 bits per heavy atom. The van der Waals surface area contributed by atoms with Gasteiger partial charge in [-0.15, -0.1) is 0 Å². The van der Waals surface area contributed by atoms with Gasteiger partial charge in [-0.25, -0.2) is 8.42 Å². The number of hydrogen-bond donors (Lipinski definition) is 0. The molecule has 0 bridgehead atoms. The SMILES string of the molecule is O=C1CS(=O)(=O)C(c2ccccc2)N1c1cccc([N+](=O)[O-])c1. The van der Waals surface area contributed by atoms with Crippen LogP contribution in [0.4, 0.5) is 11.4 Å². The Balaban J connectivity index is 2.14. The molecule has 0 aliphatic carbocycles. The molecule has 8 heteroatoms. The van der Waals surface area contributed by atoms with Crippen LogP contribution in [-0.4, -0.2) is 25.0 Å². The van der Waals surface area contributed by atoms with Crippen LogP contribution in [0.2, 0.25) is 0 Å². The van der Waals surface area contributed by atoms with Crippen molar-refractivity contribution in [1.29, 1.82) is 0 Å². The summed E-state index contributed by atoms with van der Waals surface area (Å²) >= 11 is 0. The van der Waals surface area contributed by atoms with Gasteiger partial charge in [0.2, 0.25) is 5.91 Å². The molecule has 1 saturated heterocycles. The van der Waals surface area contributed by atoms with Crippen molar-refractivity contribution in [3.8, 4) is 0 Å². The van der Waals surface area contributed by atoms with Crippen molar-refractivity contribution in [3.63, 3.8) is 0 Å². The Hall–Kier alpha value is -2.74. The van der Waals surface area contributed by atoms with Gasteiger partial charge < -0.3 is 0 Å². The van der Waals surface area contributed by atoms with Gasteiger partial charge >= 0.3 is 0 Å². The smallest absolute Gasteiger partial charge is 0.271 e. The minimum atomic E-state index is -3.71. The van der Waals surface area contributed by atoms with Crippen molar-refractivity contribution in [2.24, 2.45) is 0 Å². The fraction of sp³-hybridized carbons (Fsp3) is 0.133. The van der Waals surface area contributed by atoms with Crippen molar-refractivity contribution in [3.05, 3.63) is 70.3 Å². The Labute approximate surface area is 132 Å². The van der Waals surface area contributed by atoms with E-state index < -0.39 is 31.8 Å². The van der Waals surface area contributed by atoms with E-state index in [0.29, 0.717) is 5.56 Å². The normalized spacial score (nSPS) is 19.7. The third-order valence-corrected chi connectivity index (χ3v) is 5.38. The van der Waals surface area contributed by atoms with Crippen LogP contribution in [0.3, 0.4) is 0 Å².